The number of benzene rings is 1. The Morgan fingerprint density at radius 3 is 2.58 bits per heavy atom. The fourth-order valence-electron chi connectivity index (χ4n) is 3.99. The average molecular weight is 550 g/mol. The third-order valence-electron chi connectivity index (χ3n) is 6.00. The average Bonchev–Trinajstić information content (AvgIpc) is 3.40. The summed E-state index contributed by atoms with van der Waals surface area (Å²) in [6.45, 7) is 9.54. The van der Waals surface area contributed by atoms with Gasteiger partial charge in [0.15, 0.2) is 5.82 Å². The third kappa shape index (κ3) is 7.94. The number of hydrogen-bond acceptors (Lipinski definition) is 10. The van der Waals surface area contributed by atoms with E-state index in [2.05, 4.69) is 39.9 Å². The molecule has 3 aromatic heterocycles. The van der Waals surface area contributed by atoms with E-state index in [-0.39, 0.29) is 12.6 Å². The van der Waals surface area contributed by atoms with Crippen molar-refractivity contribution in [1.82, 2.24) is 29.8 Å². The van der Waals surface area contributed by atoms with Crippen molar-refractivity contribution in [1.29, 1.82) is 0 Å². The van der Waals surface area contributed by atoms with E-state index in [1.165, 1.54) is 0 Å². The van der Waals surface area contributed by atoms with Crippen LogP contribution in [0.15, 0.2) is 49.1 Å². The zero-order chi connectivity index (χ0) is 28.2. The fraction of sp³-hybridized carbons (Fsp3) is 0.393. The molecule has 1 aliphatic heterocycles. The van der Waals surface area contributed by atoms with Gasteiger partial charge in [-0.05, 0) is 43.7 Å². The number of methoxy groups -OCH3 is 1. The van der Waals surface area contributed by atoms with Crippen molar-refractivity contribution in [3.63, 3.8) is 0 Å². The van der Waals surface area contributed by atoms with E-state index >= 15 is 0 Å². The van der Waals surface area contributed by atoms with Gasteiger partial charge in [-0.2, -0.15) is 0 Å². The molecular formula is C28H35N7O5. The van der Waals surface area contributed by atoms with Gasteiger partial charge >= 0.3 is 6.09 Å². The number of rotatable bonds is 9. The molecular weight excluding hydrogens is 514 g/mol. The fourth-order valence-corrected chi connectivity index (χ4v) is 3.99. The monoisotopic (exact) mass is 549 g/mol. The number of anilines is 1. The van der Waals surface area contributed by atoms with E-state index < -0.39 is 6.09 Å². The molecule has 1 fully saturated rings. The molecule has 12 nitrogen and oxygen atoms in total. The summed E-state index contributed by atoms with van der Waals surface area (Å²) >= 11 is 0. The number of morpholine rings is 1. The van der Waals surface area contributed by atoms with Crippen LogP contribution >= 0.6 is 0 Å². The van der Waals surface area contributed by atoms with E-state index in [9.17, 15) is 4.79 Å². The van der Waals surface area contributed by atoms with Gasteiger partial charge < -0.3 is 23.9 Å². The maximum Gasteiger partial charge on any atom is 0.413 e. The van der Waals surface area contributed by atoms with Crippen LogP contribution in [0.25, 0.3) is 33.5 Å². The van der Waals surface area contributed by atoms with Gasteiger partial charge in [-0.15, -0.1) is 0 Å². The highest BCUT2D eigenvalue weighted by atomic mass is 16.5. The largest absolute Gasteiger partial charge is 0.491 e. The number of carbonyl (C=O) groups excluding carboxylic acids is 1. The first-order chi connectivity index (χ1) is 19.6. The van der Waals surface area contributed by atoms with Gasteiger partial charge in [-0.3, -0.25) is 15.2 Å². The lowest BCUT2D eigenvalue weighted by molar-refractivity contribution is 0.0322. The van der Waals surface area contributed by atoms with Crippen LogP contribution in [0.1, 0.15) is 13.8 Å². The highest BCUT2D eigenvalue weighted by Gasteiger charge is 2.16. The summed E-state index contributed by atoms with van der Waals surface area (Å²) in [6, 6.07) is 7.61. The molecule has 12 heteroatoms. The number of ether oxygens (including phenoxy) is 4. The summed E-state index contributed by atoms with van der Waals surface area (Å²) in [7, 11) is 1.68. The maximum atomic E-state index is 11.9. The van der Waals surface area contributed by atoms with E-state index in [0.29, 0.717) is 29.2 Å². The first kappa shape index (κ1) is 28.9. The minimum absolute atomic E-state index is 0.261. The van der Waals surface area contributed by atoms with E-state index in [1.54, 1.807) is 44.9 Å². The van der Waals surface area contributed by atoms with E-state index in [1.807, 2.05) is 25.1 Å². The van der Waals surface area contributed by atoms with Crippen molar-refractivity contribution in [2.75, 3.05) is 65.1 Å². The lowest BCUT2D eigenvalue weighted by Crippen LogP contribution is -2.38. The Hall–Kier alpha value is -4.13. The molecule has 4 heterocycles. The van der Waals surface area contributed by atoms with Crippen molar-refractivity contribution in [3.8, 4) is 28.3 Å². The standard InChI is InChI=1S/C25H27N7O4.C3H8O/c1-2-35-25(33)31-24-29-21-14-17(13-20(22(21)30-24)23-27-4-3-5-28-23)18-12-19(16-26-15-18)36-11-8-32-6-9-34-10-7-32;1-3-4-2/h3-5,12-16H,2,6-11H2,1H3,(H2,29,30,31,33);3H2,1-2H3. The van der Waals surface area contributed by atoms with Crippen LogP contribution in [-0.4, -0.2) is 95.7 Å². The van der Waals surface area contributed by atoms with Crippen LogP contribution in [0.2, 0.25) is 0 Å². The number of nitrogens with zero attached hydrogens (tertiary/aromatic N) is 5. The molecule has 1 aliphatic rings. The van der Waals surface area contributed by atoms with Crippen LogP contribution in [0, 0.1) is 0 Å². The number of amides is 1. The third-order valence-corrected chi connectivity index (χ3v) is 6.00. The highest BCUT2D eigenvalue weighted by molar-refractivity contribution is 5.96. The SMILES string of the molecule is CCOC.CCOC(=O)Nc1nc2c(-c3ncccn3)cc(-c3cncc(OCCN4CCOCC4)c3)cc2[nH]1. The number of hydrogen-bond donors (Lipinski definition) is 2. The Morgan fingerprint density at radius 1 is 1.07 bits per heavy atom. The molecule has 212 valence electrons. The Bertz CT molecular complexity index is 1360. The molecule has 0 atom stereocenters. The molecule has 4 aromatic rings. The molecule has 2 N–H and O–H groups in total. The van der Waals surface area contributed by atoms with Crippen LogP contribution in [0.3, 0.4) is 0 Å². The number of fused-ring (bicyclic) bond motifs is 1. The molecule has 40 heavy (non-hydrogen) atoms. The Labute approximate surface area is 233 Å². The second-order valence-electron chi connectivity index (χ2n) is 8.71. The summed E-state index contributed by atoms with van der Waals surface area (Å²) in [4.78, 5) is 35.1. The molecule has 0 radical (unpaired) electrons. The first-order valence-corrected chi connectivity index (χ1v) is 13.2. The molecule has 0 bridgehead atoms. The highest BCUT2D eigenvalue weighted by Crippen LogP contribution is 2.33. The first-order valence-electron chi connectivity index (χ1n) is 13.2. The van der Waals surface area contributed by atoms with Crippen LogP contribution < -0.4 is 10.1 Å². The van der Waals surface area contributed by atoms with Gasteiger partial charge in [0.2, 0.25) is 5.95 Å². The molecule has 1 saturated heterocycles. The van der Waals surface area contributed by atoms with Gasteiger partial charge in [0.05, 0.1) is 31.5 Å². The number of aromatic amines is 1. The Kier molecular flexibility index (Phi) is 10.7. The quantitative estimate of drug-likeness (QED) is 0.315. The van der Waals surface area contributed by atoms with Crippen molar-refractivity contribution in [2.45, 2.75) is 13.8 Å². The molecule has 5 rings (SSSR count). The predicted octanol–water partition coefficient (Wildman–Crippen LogP) is 4.01. The van der Waals surface area contributed by atoms with Crippen LogP contribution in [0.5, 0.6) is 5.75 Å². The normalized spacial score (nSPS) is 13.4. The number of carbonyl (C=O) groups is 1. The number of pyridine rings is 1. The number of nitrogens with one attached hydrogen (secondary N) is 2. The summed E-state index contributed by atoms with van der Waals surface area (Å²) in [5, 5.41) is 2.62. The van der Waals surface area contributed by atoms with E-state index in [4.69, 9.17) is 14.2 Å². The number of imidazole rings is 1. The van der Waals surface area contributed by atoms with Gasteiger partial charge in [0.25, 0.3) is 0 Å². The Balaban J connectivity index is 0.000000867. The number of aromatic nitrogens is 5. The van der Waals surface area contributed by atoms with Gasteiger partial charge in [0.1, 0.15) is 17.9 Å². The van der Waals surface area contributed by atoms with Crippen molar-refractivity contribution in [3.05, 3.63) is 49.1 Å². The minimum Gasteiger partial charge on any atom is -0.491 e. The summed E-state index contributed by atoms with van der Waals surface area (Å²) in [6.07, 6.45) is 6.26. The van der Waals surface area contributed by atoms with Crippen molar-refractivity contribution < 1.29 is 23.7 Å². The lowest BCUT2D eigenvalue weighted by Gasteiger charge is -2.26. The number of H-pyrrole nitrogens is 1. The molecule has 0 spiro atoms. The minimum atomic E-state index is -0.583. The van der Waals surface area contributed by atoms with Crippen molar-refractivity contribution in [2.24, 2.45) is 0 Å². The summed E-state index contributed by atoms with van der Waals surface area (Å²) < 4.78 is 20.9. The predicted molar refractivity (Wildman–Crippen MR) is 151 cm³/mol. The summed E-state index contributed by atoms with van der Waals surface area (Å²) in [5.74, 6) is 1.48. The van der Waals surface area contributed by atoms with Gasteiger partial charge in [0, 0.05) is 63.1 Å². The molecule has 0 aliphatic carbocycles. The maximum absolute atomic E-state index is 11.9. The lowest BCUT2D eigenvalue weighted by atomic mass is 10.0. The van der Waals surface area contributed by atoms with Crippen LogP contribution in [-0.2, 0) is 14.2 Å². The van der Waals surface area contributed by atoms with Crippen molar-refractivity contribution >= 4 is 23.1 Å². The summed E-state index contributed by atoms with van der Waals surface area (Å²) in [5.41, 5.74) is 3.80. The zero-order valence-electron chi connectivity index (χ0n) is 23.1. The molecule has 0 unspecified atom stereocenters. The van der Waals surface area contributed by atoms with Gasteiger partial charge in [-0.1, -0.05) is 0 Å². The van der Waals surface area contributed by atoms with Crippen LogP contribution in [0.4, 0.5) is 10.7 Å². The second-order valence-corrected chi connectivity index (χ2v) is 8.71. The van der Waals surface area contributed by atoms with Gasteiger partial charge in [-0.25, -0.2) is 19.7 Å². The zero-order valence-corrected chi connectivity index (χ0v) is 23.1. The topological polar surface area (TPSA) is 137 Å². The molecule has 1 aromatic carbocycles. The van der Waals surface area contributed by atoms with E-state index in [0.717, 1.165) is 56.1 Å². The second kappa shape index (κ2) is 14.9. The molecule has 1 amide bonds. The Morgan fingerprint density at radius 2 is 1.85 bits per heavy atom. The molecule has 0 saturated carbocycles. The smallest absolute Gasteiger partial charge is 0.413 e.